The Kier molecular flexibility index (Phi) is 4.80. The van der Waals surface area contributed by atoms with Crippen molar-refractivity contribution in [3.63, 3.8) is 0 Å². The number of nitrogens with zero attached hydrogens (tertiary/aromatic N) is 1. The first-order chi connectivity index (χ1) is 7.83. The van der Waals surface area contributed by atoms with Crippen LogP contribution in [0.15, 0.2) is 18.2 Å². The smallest absolute Gasteiger partial charge is 0.0718 e. The van der Waals surface area contributed by atoms with Gasteiger partial charge < -0.3 is 10.8 Å². The Hall–Kier alpha value is -0.770. The van der Waals surface area contributed by atoms with Gasteiger partial charge in [-0.05, 0) is 32.5 Å². The van der Waals surface area contributed by atoms with E-state index in [0.717, 1.165) is 12.1 Å². The fraction of sp³-hybridized carbons (Fsp3) is 0.538. The maximum Gasteiger partial charge on any atom is 0.0718 e. The minimum Gasteiger partial charge on any atom is -0.398 e. The highest BCUT2D eigenvalue weighted by atomic mass is 35.5. The second-order valence-electron chi connectivity index (χ2n) is 4.92. The van der Waals surface area contributed by atoms with Gasteiger partial charge in [0.1, 0.15) is 0 Å². The number of likely N-dealkylation sites (N-methyl/N-ethyl adjacent to an activating group) is 1. The number of benzene rings is 1. The summed E-state index contributed by atoms with van der Waals surface area (Å²) in [5.41, 5.74) is 6.83. The van der Waals surface area contributed by atoms with Crippen LogP contribution in [0.2, 0.25) is 5.02 Å². The maximum atomic E-state index is 9.83. The van der Waals surface area contributed by atoms with E-state index in [1.807, 2.05) is 18.2 Å². The van der Waals surface area contributed by atoms with Gasteiger partial charge in [0.15, 0.2) is 0 Å². The number of hydrogen-bond donors (Lipinski definition) is 2. The van der Waals surface area contributed by atoms with Gasteiger partial charge in [-0.1, -0.05) is 24.6 Å². The van der Waals surface area contributed by atoms with Crippen molar-refractivity contribution < 1.29 is 5.11 Å². The molecule has 3 nitrogen and oxygen atoms in total. The predicted molar refractivity (Wildman–Crippen MR) is 73.1 cm³/mol. The minimum absolute atomic E-state index is 0.591. The van der Waals surface area contributed by atoms with Crippen LogP contribution in [0.5, 0.6) is 0 Å². The fourth-order valence-electron chi connectivity index (χ4n) is 1.79. The average Bonchev–Trinajstić information content (AvgIpc) is 2.20. The van der Waals surface area contributed by atoms with Gasteiger partial charge in [-0.15, -0.1) is 0 Å². The molecule has 0 aliphatic rings. The topological polar surface area (TPSA) is 49.5 Å². The summed E-state index contributed by atoms with van der Waals surface area (Å²) >= 11 is 6.13. The molecule has 0 fully saturated rings. The lowest BCUT2D eigenvalue weighted by atomic mass is 10.1. The zero-order chi connectivity index (χ0) is 13.1. The van der Waals surface area contributed by atoms with Crippen LogP contribution in [0.3, 0.4) is 0 Å². The molecule has 0 aliphatic heterocycles. The number of nitrogen functional groups attached to an aromatic ring is 1. The molecular weight excluding hydrogens is 236 g/mol. The molecule has 0 amide bonds. The van der Waals surface area contributed by atoms with Gasteiger partial charge in [-0.2, -0.15) is 0 Å². The third kappa shape index (κ3) is 4.54. The molecule has 0 aromatic heterocycles. The van der Waals surface area contributed by atoms with E-state index >= 15 is 0 Å². The van der Waals surface area contributed by atoms with Gasteiger partial charge >= 0.3 is 0 Å². The molecule has 4 heteroatoms. The van der Waals surface area contributed by atoms with E-state index < -0.39 is 5.60 Å². The van der Waals surface area contributed by atoms with Crippen LogP contribution in [0, 0.1) is 0 Å². The van der Waals surface area contributed by atoms with Gasteiger partial charge in [0, 0.05) is 29.4 Å². The fourth-order valence-corrected chi connectivity index (χ4v) is 2.03. The Bertz CT molecular complexity index is 354. The van der Waals surface area contributed by atoms with Crippen molar-refractivity contribution in [2.45, 2.75) is 32.9 Å². The lowest BCUT2D eigenvalue weighted by Crippen LogP contribution is -2.38. The largest absolute Gasteiger partial charge is 0.398 e. The Morgan fingerprint density at radius 2 is 2.06 bits per heavy atom. The van der Waals surface area contributed by atoms with Gasteiger partial charge in [0.2, 0.25) is 0 Å². The monoisotopic (exact) mass is 256 g/mol. The van der Waals surface area contributed by atoms with Crippen molar-refractivity contribution in [1.82, 2.24) is 4.90 Å². The molecule has 3 N–H and O–H groups in total. The molecule has 0 radical (unpaired) electrons. The normalized spacial score (nSPS) is 12.1. The molecule has 0 atom stereocenters. The van der Waals surface area contributed by atoms with Gasteiger partial charge in [0.25, 0.3) is 0 Å². The summed E-state index contributed by atoms with van der Waals surface area (Å²) in [6.45, 7) is 7.74. The van der Waals surface area contributed by atoms with Crippen LogP contribution >= 0.6 is 11.6 Å². The summed E-state index contributed by atoms with van der Waals surface area (Å²) in [6, 6.07) is 5.53. The highest BCUT2D eigenvalue weighted by Crippen LogP contribution is 2.24. The number of rotatable bonds is 5. The van der Waals surface area contributed by atoms with Crippen LogP contribution in [-0.2, 0) is 6.54 Å². The number of hydrogen-bond acceptors (Lipinski definition) is 3. The second-order valence-corrected chi connectivity index (χ2v) is 5.33. The number of aliphatic hydroxyl groups is 1. The SMILES string of the molecule is CCN(Cc1c(N)cccc1Cl)CC(C)(C)O. The molecule has 0 heterocycles. The summed E-state index contributed by atoms with van der Waals surface area (Å²) in [4.78, 5) is 2.12. The van der Waals surface area contributed by atoms with Gasteiger partial charge in [-0.3, -0.25) is 4.90 Å². The highest BCUT2D eigenvalue weighted by molar-refractivity contribution is 6.31. The zero-order valence-electron chi connectivity index (χ0n) is 10.7. The summed E-state index contributed by atoms with van der Waals surface area (Å²) in [6.07, 6.45) is 0. The lowest BCUT2D eigenvalue weighted by Gasteiger charge is -2.28. The minimum atomic E-state index is -0.716. The molecule has 0 spiro atoms. The summed E-state index contributed by atoms with van der Waals surface area (Å²) in [7, 11) is 0. The predicted octanol–water partition coefficient (Wildman–Crippen LogP) is 2.52. The summed E-state index contributed by atoms with van der Waals surface area (Å²) in [5.74, 6) is 0. The van der Waals surface area contributed by atoms with Gasteiger partial charge in [-0.25, -0.2) is 0 Å². The van der Waals surface area contributed by atoms with Crippen molar-refractivity contribution in [1.29, 1.82) is 0 Å². The average molecular weight is 257 g/mol. The van der Waals surface area contributed by atoms with E-state index in [9.17, 15) is 5.11 Å². The molecule has 1 aromatic carbocycles. The maximum absolute atomic E-state index is 9.83. The van der Waals surface area contributed by atoms with Crippen LogP contribution in [0.4, 0.5) is 5.69 Å². The highest BCUT2D eigenvalue weighted by Gasteiger charge is 2.18. The molecule has 0 saturated heterocycles. The second kappa shape index (κ2) is 5.71. The van der Waals surface area contributed by atoms with E-state index in [2.05, 4.69) is 11.8 Å². The van der Waals surface area contributed by atoms with E-state index in [1.54, 1.807) is 13.8 Å². The number of halogens is 1. The van der Waals surface area contributed by atoms with Crippen molar-refractivity contribution in [2.24, 2.45) is 0 Å². The molecule has 0 bridgehead atoms. The lowest BCUT2D eigenvalue weighted by molar-refractivity contribution is 0.0354. The third-order valence-corrected chi connectivity index (χ3v) is 2.95. The number of anilines is 1. The van der Waals surface area contributed by atoms with Crippen LogP contribution < -0.4 is 5.73 Å². The van der Waals surface area contributed by atoms with Gasteiger partial charge in [0.05, 0.1) is 5.60 Å². The van der Waals surface area contributed by atoms with E-state index in [-0.39, 0.29) is 0 Å². The zero-order valence-corrected chi connectivity index (χ0v) is 11.5. The Morgan fingerprint density at radius 1 is 1.41 bits per heavy atom. The first-order valence-corrected chi connectivity index (χ1v) is 6.19. The molecule has 17 heavy (non-hydrogen) atoms. The quantitative estimate of drug-likeness (QED) is 0.796. The molecule has 1 aromatic rings. The first-order valence-electron chi connectivity index (χ1n) is 5.81. The number of nitrogens with two attached hydrogens (primary N) is 1. The van der Waals surface area contributed by atoms with E-state index in [0.29, 0.717) is 23.8 Å². The van der Waals surface area contributed by atoms with Crippen LogP contribution in [-0.4, -0.2) is 28.7 Å². The van der Waals surface area contributed by atoms with Crippen molar-refractivity contribution >= 4 is 17.3 Å². The molecule has 0 aliphatic carbocycles. The Labute approximate surface area is 108 Å². The van der Waals surface area contributed by atoms with Crippen LogP contribution in [0.1, 0.15) is 26.3 Å². The summed E-state index contributed by atoms with van der Waals surface area (Å²) < 4.78 is 0. The molecule has 0 unspecified atom stereocenters. The van der Waals surface area contributed by atoms with Crippen molar-refractivity contribution in [3.8, 4) is 0 Å². The molecule has 96 valence electrons. The van der Waals surface area contributed by atoms with Crippen molar-refractivity contribution in [3.05, 3.63) is 28.8 Å². The third-order valence-electron chi connectivity index (χ3n) is 2.59. The van der Waals surface area contributed by atoms with E-state index in [1.165, 1.54) is 0 Å². The van der Waals surface area contributed by atoms with E-state index in [4.69, 9.17) is 17.3 Å². The Morgan fingerprint density at radius 3 is 2.53 bits per heavy atom. The standard InChI is InChI=1S/C13H21ClN2O/c1-4-16(9-13(2,3)17)8-10-11(14)6-5-7-12(10)15/h5-7,17H,4,8-9,15H2,1-3H3. The van der Waals surface area contributed by atoms with Crippen molar-refractivity contribution in [2.75, 3.05) is 18.8 Å². The summed E-state index contributed by atoms with van der Waals surface area (Å²) in [5, 5.41) is 10.5. The van der Waals surface area contributed by atoms with Crippen LogP contribution in [0.25, 0.3) is 0 Å². The Balaban J connectivity index is 2.81. The molecule has 1 rings (SSSR count). The molecular formula is C13H21ClN2O. The first kappa shape index (κ1) is 14.3. The molecule has 0 saturated carbocycles.